The minimum Gasteiger partial charge on any atom is -0.508 e. The Balaban J connectivity index is 1.55. The van der Waals surface area contributed by atoms with Crippen molar-refractivity contribution in [1.82, 2.24) is 4.90 Å². The molecule has 0 spiro atoms. The van der Waals surface area contributed by atoms with Crippen molar-refractivity contribution in [2.75, 3.05) is 19.1 Å². The van der Waals surface area contributed by atoms with E-state index >= 15 is 0 Å². The van der Waals surface area contributed by atoms with Crippen molar-refractivity contribution in [3.05, 3.63) is 64.1 Å². The van der Waals surface area contributed by atoms with E-state index in [4.69, 9.17) is 27.9 Å². The Morgan fingerprint density at radius 1 is 1.00 bits per heavy atom. The Bertz CT molecular complexity index is 1500. The average molecular weight is 634 g/mol. The predicted molar refractivity (Wildman–Crippen MR) is 147 cm³/mol. The fourth-order valence-corrected chi connectivity index (χ4v) is 8.17. The summed E-state index contributed by atoms with van der Waals surface area (Å²) in [6, 6.07) is 11.5. The van der Waals surface area contributed by atoms with Crippen molar-refractivity contribution in [2.24, 2.45) is 17.8 Å². The molecule has 8 nitrogen and oxygen atoms in total. The van der Waals surface area contributed by atoms with Crippen molar-refractivity contribution in [3.8, 4) is 11.5 Å². The number of ether oxygens (including phenoxy) is 1. The van der Waals surface area contributed by atoms with Gasteiger partial charge in [-0.25, -0.2) is 0 Å². The third kappa shape index (κ3) is 3.30. The molecule has 0 aromatic heterocycles. The van der Waals surface area contributed by atoms with E-state index in [1.165, 1.54) is 25.1 Å². The number of allylic oxidation sites excluding steroid dienone is 2. The van der Waals surface area contributed by atoms with Crippen molar-refractivity contribution in [3.63, 3.8) is 0 Å². The number of phenols is 1. The van der Waals surface area contributed by atoms with E-state index in [1.54, 1.807) is 36.4 Å². The smallest absolute Gasteiger partial charge is 0.253 e. The molecule has 2 aliphatic carbocycles. The van der Waals surface area contributed by atoms with Gasteiger partial charge in [0.05, 0.1) is 24.6 Å². The fourth-order valence-electron chi connectivity index (χ4n) is 6.91. The number of imide groups is 2. The highest BCUT2D eigenvalue weighted by Crippen LogP contribution is 2.66. The van der Waals surface area contributed by atoms with Crippen molar-refractivity contribution >= 4 is 68.4 Å². The van der Waals surface area contributed by atoms with Crippen LogP contribution in [0.3, 0.4) is 0 Å². The summed E-state index contributed by atoms with van der Waals surface area (Å²) in [5.74, 6) is -5.36. The summed E-state index contributed by atoms with van der Waals surface area (Å²) >= 11 is 17.7. The standard InChI is InChI=1S/C28H23BrCl2N2O6/c1-32-25(37)27(30)12-17-15(22(28(27,31)26(32)38)21-18(34)4-3-5-19(21)39-2)10-11-16-20(17)24(36)33(23(16)35)14-8-6-13(29)7-9-14/h3-10,16-17,20,22,34H,11-12H2,1-2H3. The number of halogens is 3. The van der Waals surface area contributed by atoms with Crippen LogP contribution >= 0.6 is 39.1 Å². The van der Waals surface area contributed by atoms with Crippen molar-refractivity contribution in [1.29, 1.82) is 0 Å². The van der Waals surface area contributed by atoms with E-state index < -0.39 is 51.1 Å². The molecule has 6 unspecified atom stereocenters. The van der Waals surface area contributed by atoms with E-state index in [0.29, 0.717) is 11.3 Å². The molecule has 0 bridgehead atoms. The molecule has 4 aliphatic rings. The zero-order chi connectivity index (χ0) is 28.0. The van der Waals surface area contributed by atoms with Gasteiger partial charge in [0, 0.05) is 23.0 Å². The molecule has 11 heteroatoms. The largest absolute Gasteiger partial charge is 0.508 e. The van der Waals surface area contributed by atoms with Gasteiger partial charge in [-0.1, -0.05) is 33.6 Å². The van der Waals surface area contributed by atoms with E-state index in [1.807, 2.05) is 6.08 Å². The molecule has 3 fully saturated rings. The van der Waals surface area contributed by atoms with E-state index in [9.17, 15) is 24.3 Å². The van der Waals surface area contributed by atoms with E-state index in [0.717, 1.165) is 9.37 Å². The summed E-state index contributed by atoms with van der Waals surface area (Å²) in [7, 11) is 2.73. The maximum atomic E-state index is 14.0. The minimum absolute atomic E-state index is 0.125. The van der Waals surface area contributed by atoms with Gasteiger partial charge in [0.15, 0.2) is 9.75 Å². The number of carbonyl (C=O) groups is 4. The summed E-state index contributed by atoms with van der Waals surface area (Å²) in [6.07, 6.45) is 1.91. The fraction of sp³-hybridized carbons (Fsp3) is 0.357. The number of methoxy groups -OCH3 is 1. The highest BCUT2D eigenvalue weighted by atomic mass is 79.9. The normalized spacial score (nSPS) is 33.6. The van der Waals surface area contributed by atoms with Gasteiger partial charge in [0.1, 0.15) is 11.5 Å². The van der Waals surface area contributed by atoms with Crippen LogP contribution in [0.15, 0.2) is 58.6 Å². The number of alkyl halides is 2. The first-order chi connectivity index (χ1) is 18.5. The van der Waals surface area contributed by atoms with Gasteiger partial charge in [0.2, 0.25) is 11.8 Å². The molecule has 2 aromatic rings. The molecule has 4 amide bonds. The van der Waals surface area contributed by atoms with Crippen LogP contribution in [-0.2, 0) is 19.2 Å². The number of fused-ring (bicyclic) bond motifs is 4. The molecule has 0 radical (unpaired) electrons. The zero-order valence-corrected chi connectivity index (χ0v) is 24.0. The number of likely N-dealkylation sites (tertiary alicyclic amines) is 1. The van der Waals surface area contributed by atoms with Crippen LogP contribution in [0.4, 0.5) is 5.69 Å². The molecule has 6 atom stereocenters. The lowest BCUT2D eigenvalue weighted by Crippen LogP contribution is -2.60. The average Bonchev–Trinajstić information content (AvgIpc) is 3.24. The minimum atomic E-state index is -2.00. The number of hydrogen-bond donors (Lipinski definition) is 1. The van der Waals surface area contributed by atoms with Crippen LogP contribution in [0.25, 0.3) is 0 Å². The Labute approximate surface area is 242 Å². The number of rotatable bonds is 3. The summed E-state index contributed by atoms with van der Waals surface area (Å²) in [5.41, 5.74) is 1.23. The second-order valence-corrected chi connectivity index (χ2v) is 12.5. The number of carbonyl (C=O) groups excluding carboxylic acids is 4. The lowest BCUT2D eigenvalue weighted by molar-refractivity contribution is -0.138. The number of aromatic hydroxyl groups is 1. The highest BCUT2D eigenvalue weighted by Gasteiger charge is 2.76. The monoisotopic (exact) mass is 632 g/mol. The van der Waals surface area contributed by atoms with Crippen LogP contribution in [0.5, 0.6) is 11.5 Å². The first-order valence-corrected chi connectivity index (χ1v) is 13.9. The number of amides is 4. The Hall–Kier alpha value is -2.88. The molecular weight excluding hydrogens is 611 g/mol. The van der Waals surface area contributed by atoms with Crippen molar-refractivity contribution in [2.45, 2.75) is 28.5 Å². The first kappa shape index (κ1) is 26.3. The molecule has 2 aromatic carbocycles. The molecule has 2 aliphatic heterocycles. The Morgan fingerprint density at radius 2 is 1.69 bits per heavy atom. The van der Waals surface area contributed by atoms with Gasteiger partial charge < -0.3 is 9.84 Å². The van der Waals surface area contributed by atoms with Crippen molar-refractivity contribution < 1.29 is 29.0 Å². The molecule has 39 heavy (non-hydrogen) atoms. The van der Waals surface area contributed by atoms with Crippen LogP contribution in [0.2, 0.25) is 0 Å². The lowest BCUT2D eigenvalue weighted by atomic mass is 9.56. The first-order valence-electron chi connectivity index (χ1n) is 12.4. The van der Waals surface area contributed by atoms with Gasteiger partial charge in [-0.3, -0.25) is 29.0 Å². The second kappa shape index (κ2) is 8.81. The summed E-state index contributed by atoms with van der Waals surface area (Å²) < 4.78 is 6.35. The third-order valence-corrected chi connectivity index (χ3v) is 10.6. The zero-order valence-electron chi connectivity index (χ0n) is 20.9. The molecule has 1 saturated carbocycles. The molecular formula is C28H23BrCl2N2O6. The highest BCUT2D eigenvalue weighted by molar-refractivity contribution is 9.10. The van der Waals surface area contributed by atoms with Gasteiger partial charge >= 0.3 is 0 Å². The van der Waals surface area contributed by atoms with Crippen LogP contribution in [0.1, 0.15) is 24.3 Å². The Morgan fingerprint density at radius 3 is 2.36 bits per heavy atom. The summed E-state index contributed by atoms with van der Waals surface area (Å²) in [5, 5.41) is 11.0. The number of nitrogens with zero attached hydrogens (tertiary/aromatic N) is 2. The molecule has 2 heterocycles. The molecule has 6 rings (SSSR count). The maximum absolute atomic E-state index is 14.0. The number of anilines is 1. The third-order valence-electron chi connectivity index (χ3n) is 8.65. The summed E-state index contributed by atoms with van der Waals surface area (Å²) in [4.78, 5) is 52.9. The number of benzene rings is 2. The topological polar surface area (TPSA) is 104 Å². The molecule has 202 valence electrons. The van der Waals surface area contributed by atoms with Gasteiger partial charge in [-0.05, 0) is 55.2 Å². The SMILES string of the molecule is COc1cccc(O)c1C1C2=CCC3C(=O)N(c4ccc(Br)cc4)C(=O)C3C2CC2(Cl)C(=O)N(C)C(=O)C12Cl. The van der Waals surface area contributed by atoms with Gasteiger partial charge in [0.25, 0.3) is 11.8 Å². The molecule has 1 N–H and O–H groups in total. The van der Waals surface area contributed by atoms with E-state index in [-0.39, 0.29) is 35.8 Å². The summed E-state index contributed by atoms with van der Waals surface area (Å²) in [6.45, 7) is 0. The van der Waals surface area contributed by atoms with Gasteiger partial charge in [-0.2, -0.15) is 0 Å². The predicted octanol–water partition coefficient (Wildman–Crippen LogP) is 4.36. The molecule has 2 saturated heterocycles. The quantitative estimate of drug-likeness (QED) is 0.306. The number of hydrogen-bond acceptors (Lipinski definition) is 6. The van der Waals surface area contributed by atoms with Crippen LogP contribution in [0, 0.1) is 17.8 Å². The van der Waals surface area contributed by atoms with Crippen LogP contribution < -0.4 is 9.64 Å². The maximum Gasteiger partial charge on any atom is 0.253 e. The second-order valence-electron chi connectivity index (χ2n) is 10.4. The lowest BCUT2D eigenvalue weighted by Gasteiger charge is -2.50. The van der Waals surface area contributed by atoms with Crippen LogP contribution in [-0.4, -0.2) is 57.5 Å². The van der Waals surface area contributed by atoms with E-state index in [2.05, 4.69) is 15.9 Å². The Kier molecular flexibility index (Phi) is 5.95. The van der Waals surface area contributed by atoms with Gasteiger partial charge in [-0.15, -0.1) is 23.2 Å². The number of phenolic OH excluding ortho intramolecular Hbond substituents is 1.